The maximum Gasteiger partial charge on any atom is 0.154 e. The molecule has 1 unspecified atom stereocenters. The second-order valence-corrected chi connectivity index (χ2v) is 8.26. The van der Waals surface area contributed by atoms with Crippen molar-refractivity contribution in [1.82, 2.24) is 19.7 Å². The van der Waals surface area contributed by atoms with Gasteiger partial charge < -0.3 is 20.3 Å². The summed E-state index contributed by atoms with van der Waals surface area (Å²) in [7, 11) is 1.64. The highest BCUT2D eigenvalue weighted by Crippen LogP contribution is 2.39. The number of nitrogens with two attached hydrogens (primary N) is 1. The van der Waals surface area contributed by atoms with Gasteiger partial charge in [0.25, 0.3) is 0 Å². The van der Waals surface area contributed by atoms with E-state index in [0.29, 0.717) is 36.4 Å². The van der Waals surface area contributed by atoms with Crippen molar-refractivity contribution in [3.63, 3.8) is 0 Å². The van der Waals surface area contributed by atoms with Gasteiger partial charge >= 0.3 is 0 Å². The summed E-state index contributed by atoms with van der Waals surface area (Å²) in [6.07, 6.45) is 4.09. The lowest BCUT2D eigenvalue weighted by molar-refractivity contribution is 0.147. The maximum absolute atomic E-state index is 9.50. The van der Waals surface area contributed by atoms with Gasteiger partial charge in [0.2, 0.25) is 0 Å². The molecule has 0 spiro atoms. The highest BCUT2D eigenvalue weighted by atomic mass is 16.5. The molecular formula is C25H27N5O3. The van der Waals surface area contributed by atoms with Crippen molar-refractivity contribution in [1.29, 1.82) is 0 Å². The molecule has 1 aromatic carbocycles. The predicted octanol–water partition coefficient (Wildman–Crippen LogP) is 3.41. The number of fused-ring (bicyclic) bond motifs is 1. The second kappa shape index (κ2) is 9.27. The van der Waals surface area contributed by atoms with Crippen molar-refractivity contribution < 1.29 is 14.6 Å². The Morgan fingerprint density at radius 1 is 1.12 bits per heavy atom. The molecule has 1 aliphatic carbocycles. The third-order valence-corrected chi connectivity index (χ3v) is 5.90. The van der Waals surface area contributed by atoms with E-state index < -0.39 is 0 Å². The van der Waals surface area contributed by atoms with Gasteiger partial charge in [-0.2, -0.15) is 5.10 Å². The van der Waals surface area contributed by atoms with Crippen LogP contribution < -0.4 is 10.5 Å². The van der Waals surface area contributed by atoms with Gasteiger partial charge in [-0.1, -0.05) is 12.1 Å². The van der Waals surface area contributed by atoms with Crippen molar-refractivity contribution in [2.75, 3.05) is 20.3 Å². The summed E-state index contributed by atoms with van der Waals surface area (Å²) in [5.41, 5.74) is 10.5. The van der Waals surface area contributed by atoms with Gasteiger partial charge in [-0.25, -0.2) is 9.67 Å². The first-order valence-corrected chi connectivity index (χ1v) is 11.1. The molecule has 8 heteroatoms. The van der Waals surface area contributed by atoms with Crippen LogP contribution in [0.2, 0.25) is 0 Å². The standard InChI is InChI=1S/C25H27N5O3/c1-32-10-11-33-23-13-17(20-5-3-6-21(29-20)25(26)16-8-9-16)12-22-19(23)14-27-30(22)24-7-2-4-18(15-31)28-24/h2-7,12-14,16,25,31H,8-11,15,26H2,1H3. The van der Waals surface area contributed by atoms with Crippen LogP contribution in [0, 0.1) is 5.92 Å². The molecule has 33 heavy (non-hydrogen) atoms. The van der Waals surface area contributed by atoms with Crippen LogP contribution in [0.4, 0.5) is 0 Å². The Labute approximate surface area is 192 Å². The molecule has 3 heterocycles. The Hall–Kier alpha value is -3.33. The minimum Gasteiger partial charge on any atom is -0.490 e. The van der Waals surface area contributed by atoms with Crippen LogP contribution in [0.25, 0.3) is 28.0 Å². The smallest absolute Gasteiger partial charge is 0.154 e. The zero-order valence-corrected chi connectivity index (χ0v) is 18.5. The molecule has 0 bridgehead atoms. The number of rotatable bonds is 9. The van der Waals surface area contributed by atoms with E-state index in [4.69, 9.17) is 20.2 Å². The predicted molar refractivity (Wildman–Crippen MR) is 125 cm³/mol. The maximum atomic E-state index is 9.50. The van der Waals surface area contributed by atoms with E-state index in [2.05, 4.69) is 10.1 Å². The molecule has 0 amide bonds. The molecule has 0 radical (unpaired) electrons. The van der Waals surface area contributed by atoms with Crippen LogP contribution in [0.15, 0.2) is 54.7 Å². The summed E-state index contributed by atoms with van der Waals surface area (Å²) in [6.45, 7) is 0.754. The average molecular weight is 446 g/mol. The Morgan fingerprint density at radius 2 is 1.97 bits per heavy atom. The number of aromatic nitrogens is 4. The topological polar surface area (TPSA) is 108 Å². The van der Waals surface area contributed by atoms with E-state index in [9.17, 15) is 5.11 Å². The van der Waals surface area contributed by atoms with E-state index >= 15 is 0 Å². The summed E-state index contributed by atoms with van der Waals surface area (Å²) in [6, 6.07) is 15.4. The van der Waals surface area contributed by atoms with Crippen LogP contribution in [-0.2, 0) is 11.3 Å². The van der Waals surface area contributed by atoms with E-state index in [1.807, 2.05) is 42.5 Å². The molecule has 1 fully saturated rings. The Bertz CT molecular complexity index is 1270. The van der Waals surface area contributed by atoms with Gasteiger partial charge in [-0.05, 0) is 55.2 Å². The van der Waals surface area contributed by atoms with Crippen LogP contribution in [0.3, 0.4) is 0 Å². The number of hydrogen-bond acceptors (Lipinski definition) is 7. The summed E-state index contributed by atoms with van der Waals surface area (Å²) < 4.78 is 13.0. The van der Waals surface area contributed by atoms with E-state index in [-0.39, 0.29) is 12.6 Å². The fourth-order valence-electron chi connectivity index (χ4n) is 3.95. The molecule has 170 valence electrons. The van der Waals surface area contributed by atoms with Gasteiger partial charge in [-0.3, -0.25) is 4.98 Å². The molecule has 1 atom stereocenters. The van der Waals surface area contributed by atoms with E-state index in [1.54, 1.807) is 24.1 Å². The first-order valence-electron chi connectivity index (χ1n) is 11.1. The SMILES string of the molecule is COCCOc1cc(-c2cccc(C(N)C3CC3)n2)cc2c1cnn2-c1cccc(CO)n1. The van der Waals surface area contributed by atoms with Gasteiger partial charge in [0.05, 0.1) is 47.4 Å². The number of aliphatic hydroxyl groups excluding tert-OH is 1. The number of ether oxygens (including phenoxy) is 2. The molecule has 0 aliphatic heterocycles. The molecule has 0 saturated heterocycles. The fraction of sp³-hybridized carbons (Fsp3) is 0.320. The summed E-state index contributed by atoms with van der Waals surface area (Å²) in [5, 5.41) is 14.9. The Kier molecular flexibility index (Phi) is 6.04. The Balaban J connectivity index is 1.62. The molecule has 1 saturated carbocycles. The first kappa shape index (κ1) is 21.5. The van der Waals surface area contributed by atoms with Crippen LogP contribution in [0.5, 0.6) is 5.75 Å². The third kappa shape index (κ3) is 4.45. The molecule has 3 N–H and O–H groups in total. The average Bonchev–Trinajstić information content (AvgIpc) is 3.62. The van der Waals surface area contributed by atoms with E-state index in [0.717, 1.165) is 40.7 Å². The molecule has 5 rings (SSSR count). The molecule has 4 aromatic rings. The number of methoxy groups -OCH3 is 1. The monoisotopic (exact) mass is 445 g/mol. The van der Waals surface area contributed by atoms with Crippen molar-refractivity contribution in [3.05, 3.63) is 66.1 Å². The number of nitrogens with zero attached hydrogens (tertiary/aromatic N) is 4. The number of benzene rings is 1. The second-order valence-electron chi connectivity index (χ2n) is 8.26. The summed E-state index contributed by atoms with van der Waals surface area (Å²) in [5.74, 6) is 1.84. The number of aliphatic hydroxyl groups is 1. The number of hydrogen-bond donors (Lipinski definition) is 2. The normalized spacial score (nSPS) is 14.5. The Morgan fingerprint density at radius 3 is 2.76 bits per heavy atom. The van der Waals surface area contributed by atoms with Gasteiger partial charge in [0, 0.05) is 18.7 Å². The highest BCUT2D eigenvalue weighted by Gasteiger charge is 2.30. The largest absolute Gasteiger partial charge is 0.490 e. The summed E-state index contributed by atoms with van der Waals surface area (Å²) in [4.78, 5) is 9.39. The molecule has 1 aliphatic rings. The summed E-state index contributed by atoms with van der Waals surface area (Å²) >= 11 is 0. The number of pyridine rings is 2. The van der Waals surface area contributed by atoms with Crippen molar-refractivity contribution >= 4 is 10.9 Å². The quantitative estimate of drug-likeness (QED) is 0.380. The highest BCUT2D eigenvalue weighted by molar-refractivity contribution is 5.90. The fourth-order valence-corrected chi connectivity index (χ4v) is 3.95. The van der Waals surface area contributed by atoms with Gasteiger partial charge in [0.15, 0.2) is 5.82 Å². The van der Waals surface area contributed by atoms with Crippen LogP contribution in [-0.4, -0.2) is 45.2 Å². The lowest BCUT2D eigenvalue weighted by atomic mass is 10.1. The van der Waals surface area contributed by atoms with Gasteiger partial charge in [0.1, 0.15) is 12.4 Å². The molecular weight excluding hydrogens is 418 g/mol. The van der Waals surface area contributed by atoms with E-state index in [1.165, 1.54) is 0 Å². The lowest BCUT2D eigenvalue weighted by Crippen LogP contribution is -2.14. The zero-order valence-electron chi connectivity index (χ0n) is 18.5. The molecule has 3 aromatic heterocycles. The molecule has 8 nitrogen and oxygen atoms in total. The van der Waals surface area contributed by atoms with Crippen molar-refractivity contribution in [3.8, 4) is 22.8 Å². The minimum atomic E-state index is -0.137. The van der Waals surface area contributed by atoms with Gasteiger partial charge in [-0.15, -0.1) is 0 Å². The minimum absolute atomic E-state index is 0.0398. The lowest BCUT2D eigenvalue weighted by Gasteiger charge is -2.13. The van der Waals surface area contributed by atoms with Crippen molar-refractivity contribution in [2.24, 2.45) is 11.7 Å². The zero-order chi connectivity index (χ0) is 22.8. The van der Waals surface area contributed by atoms with Crippen LogP contribution >= 0.6 is 0 Å². The van der Waals surface area contributed by atoms with Crippen molar-refractivity contribution in [2.45, 2.75) is 25.5 Å². The third-order valence-electron chi connectivity index (χ3n) is 5.90. The van der Waals surface area contributed by atoms with Crippen LogP contribution in [0.1, 0.15) is 30.3 Å². The first-order chi connectivity index (χ1) is 16.2.